The summed E-state index contributed by atoms with van der Waals surface area (Å²) in [6.07, 6.45) is -6.73. The summed E-state index contributed by atoms with van der Waals surface area (Å²) in [5.41, 5.74) is -2.93. The van der Waals surface area contributed by atoms with E-state index in [0.29, 0.717) is 0 Å². The van der Waals surface area contributed by atoms with Gasteiger partial charge in [0.25, 0.3) is 0 Å². The van der Waals surface area contributed by atoms with Crippen LogP contribution in [0.5, 0.6) is 5.75 Å². The zero-order valence-corrected chi connectivity index (χ0v) is 13.7. The maximum atomic E-state index is 14.1. The van der Waals surface area contributed by atoms with E-state index in [1.165, 1.54) is 6.92 Å². The van der Waals surface area contributed by atoms with Gasteiger partial charge in [-0.05, 0) is 19.9 Å². The number of carbonyl (C=O) groups is 1. The standard InChI is InChI=1S/C16H17F5O4/c1-4-24-12-8(5-6-9(17)11(12)18)10-7(2)15(3,16(19,20)21)25-13(10)14(22)23/h5-7,10,13H,4H2,1-3H3,(H,22,23)/t7?,10?,13-,15?/m1/s1. The largest absolute Gasteiger partial charge is 0.490 e. The highest BCUT2D eigenvalue weighted by Crippen LogP contribution is 2.54. The molecule has 0 spiro atoms. The molecule has 0 aromatic heterocycles. The van der Waals surface area contributed by atoms with Crippen LogP contribution in [0.25, 0.3) is 0 Å². The number of ether oxygens (including phenoxy) is 2. The van der Waals surface area contributed by atoms with E-state index in [1.807, 2.05) is 0 Å². The lowest BCUT2D eigenvalue weighted by Gasteiger charge is -2.32. The van der Waals surface area contributed by atoms with Crippen LogP contribution in [0.2, 0.25) is 0 Å². The van der Waals surface area contributed by atoms with Gasteiger partial charge >= 0.3 is 12.1 Å². The first kappa shape index (κ1) is 19.4. The summed E-state index contributed by atoms with van der Waals surface area (Å²) in [5, 5.41) is 9.30. The number of carboxylic acids is 1. The number of carboxylic acid groups (broad SMARTS) is 1. The zero-order valence-electron chi connectivity index (χ0n) is 13.7. The van der Waals surface area contributed by atoms with Crippen LogP contribution in [0.15, 0.2) is 12.1 Å². The van der Waals surface area contributed by atoms with Gasteiger partial charge in [0.05, 0.1) is 6.61 Å². The lowest BCUT2D eigenvalue weighted by atomic mass is 9.77. The van der Waals surface area contributed by atoms with E-state index in [-0.39, 0.29) is 12.2 Å². The van der Waals surface area contributed by atoms with Crippen molar-refractivity contribution in [1.82, 2.24) is 0 Å². The molecule has 0 bridgehead atoms. The van der Waals surface area contributed by atoms with Crippen molar-refractivity contribution in [3.8, 4) is 5.75 Å². The molecular formula is C16H17F5O4. The third kappa shape index (κ3) is 3.05. The fourth-order valence-electron chi connectivity index (χ4n) is 3.11. The molecule has 0 radical (unpaired) electrons. The van der Waals surface area contributed by atoms with Crippen molar-refractivity contribution in [2.24, 2.45) is 5.92 Å². The number of alkyl halides is 3. The van der Waals surface area contributed by atoms with Gasteiger partial charge in [-0.15, -0.1) is 0 Å². The zero-order chi connectivity index (χ0) is 19.2. The minimum atomic E-state index is -4.85. The van der Waals surface area contributed by atoms with E-state index < -0.39 is 53.1 Å². The molecule has 0 saturated carbocycles. The first-order valence-electron chi connectivity index (χ1n) is 7.53. The summed E-state index contributed by atoms with van der Waals surface area (Å²) in [4.78, 5) is 11.5. The van der Waals surface area contributed by atoms with Gasteiger partial charge in [0.15, 0.2) is 23.3 Å². The number of rotatable bonds is 4. The van der Waals surface area contributed by atoms with Crippen LogP contribution in [0.4, 0.5) is 22.0 Å². The monoisotopic (exact) mass is 368 g/mol. The van der Waals surface area contributed by atoms with Gasteiger partial charge in [-0.3, -0.25) is 0 Å². The van der Waals surface area contributed by atoms with Crippen molar-refractivity contribution in [2.45, 2.75) is 44.6 Å². The fraction of sp³-hybridized carbons (Fsp3) is 0.562. The first-order valence-corrected chi connectivity index (χ1v) is 7.53. The van der Waals surface area contributed by atoms with Crippen molar-refractivity contribution in [2.75, 3.05) is 6.61 Å². The van der Waals surface area contributed by atoms with Crippen LogP contribution in [0.3, 0.4) is 0 Å². The second-order valence-corrected chi connectivity index (χ2v) is 6.01. The Balaban J connectivity index is 2.64. The minimum Gasteiger partial charge on any atom is -0.490 e. The average molecular weight is 368 g/mol. The Kier molecular flexibility index (Phi) is 5.00. The van der Waals surface area contributed by atoms with Gasteiger partial charge in [0.2, 0.25) is 5.82 Å². The lowest BCUT2D eigenvalue weighted by Crippen LogP contribution is -2.47. The molecule has 1 N–H and O–H groups in total. The summed E-state index contributed by atoms with van der Waals surface area (Å²) in [6, 6.07) is 1.76. The third-order valence-electron chi connectivity index (χ3n) is 4.64. The fourth-order valence-corrected chi connectivity index (χ4v) is 3.11. The quantitative estimate of drug-likeness (QED) is 0.820. The number of hydrogen-bond acceptors (Lipinski definition) is 3. The van der Waals surface area contributed by atoms with E-state index in [4.69, 9.17) is 9.47 Å². The summed E-state index contributed by atoms with van der Waals surface area (Å²) >= 11 is 0. The predicted molar refractivity (Wildman–Crippen MR) is 76.4 cm³/mol. The van der Waals surface area contributed by atoms with E-state index in [0.717, 1.165) is 26.0 Å². The van der Waals surface area contributed by atoms with Gasteiger partial charge < -0.3 is 14.6 Å². The molecule has 1 fully saturated rings. The molecule has 1 aromatic carbocycles. The van der Waals surface area contributed by atoms with Crippen molar-refractivity contribution in [3.05, 3.63) is 29.3 Å². The van der Waals surface area contributed by atoms with Gasteiger partial charge in [0.1, 0.15) is 0 Å². The summed E-state index contributed by atoms with van der Waals surface area (Å²) in [7, 11) is 0. The van der Waals surface area contributed by atoms with Crippen molar-refractivity contribution < 1.29 is 41.3 Å². The Labute approximate surface area is 140 Å². The topological polar surface area (TPSA) is 55.8 Å². The van der Waals surface area contributed by atoms with Crippen LogP contribution in [-0.4, -0.2) is 35.6 Å². The SMILES string of the molecule is CCOc1c(C2C(C)C(C)(C(F)(F)F)O[C@H]2C(=O)O)ccc(F)c1F. The van der Waals surface area contributed by atoms with Crippen LogP contribution in [0.1, 0.15) is 32.3 Å². The minimum absolute atomic E-state index is 0.0798. The maximum Gasteiger partial charge on any atom is 0.417 e. The molecule has 0 aliphatic carbocycles. The molecule has 1 aromatic rings. The number of hydrogen-bond donors (Lipinski definition) is 1. The van der Waals surface area contributed by atoms with Crippen LogP contribution in [-0.2, 0) is 9.53 Å². The lowest BCUT2D eigenvalue weighted by molar-refractivity contribution is -0.273. The van der Waals surface area contributed by atoms with Crippen LogP contribution < -0.4 is 4.74 Å². The molecule has 140 valence electrons. The highest BCUT2D eigenvalue weighted by Gasteiger charge is 2.66. The Bertz CT molecular complexity index is 675. The number of aliphatic carboxylic acids is 1. The van der Waals surface area contributed by atoms with Gasteiger partial charge in [-0.25, -0.2) is 9.18 Å². The van der Waals surface area contributed by atoms with Gasteiger partial charge in [-0.1, -0.05) is 13.0 Å². The molecule has 0 amide bonds. The van der Waals surface area contributed by atoms with Crippen LogP contribution in [0, 0.1) is 17.6 Å². The third-order valence-corrected chi connectivity index (χ3v) is 4.64. The molecule has 1 saturated heterocycles. The van der Waals surface area contributed by atoms with E-state index in [2.05, 4.69) is 0 Å². The summed E-state index contributed by atoms with van der Waals surface area (Å²) < 4.78 is 77.8. The maximum absolute atomic E-state index is 14.1. The molecule has 4 atom stereocenters. The molecule has 25 heavy (non-hydrogen) atoms. The molecule has 4 nitrogen and oxygen atoms in total. The number of benzene rings is 1. The van der Waals surface area contributed by atoms with Gasteiger partial charge in [0, 0.05) is 17.4 Å². The number of halogens is 5. The van der Waals surface area contributed by atoms with Crippen molar-refractivity contribution >= 4 is 5.97 Å². The molecule has 1 aliphatic rings. The molecule has 3 unspecified atom stereocenters. The second kappa shape index (κ2) is 6.44. The van der Waals surface area contributed by atoms with E-state index in [9.17, 15) is 31.9 Å². The summed E-state index contributed by atoms with van der Waals surface area (Å²) in [6.45, 7) is 3.31. The summed E-state index contributed by atoms with van der Waals surface area (Å²) in [5.74, 6) is -7.60. The first-order chi connectivity index (χ1) is 11.5. The second-order valence-electron chi connectivity index (χ2n) is 6.01. The van der Waals surface area contributed by atoms with Crippen LogP contribution >= 0.6 is 0 Å². The average Bonchev–Trinajstić information content (AvgIpc) is 2.78. The molecular weight excluding hydrogens is 351 g/mol. The highest BCUT2D eigenvalue weighted by molar-refractivity contribution is 5.75. The molecule has 2 rings (SSSR count). The smallest absolute Gasteiger partial charge is 0.417 e. The Morgan fingerprint density at radius 1 is 1.36 bits per heavy atom. The van der Waals surface area contributed by atoms with E-state index in [1.54, 1.807) is 0 Å². The normalized spacial score (nSPS) is 29.7. The molecule has 1 heterocycles. The molecule has 9 heteroatoms. The van der Waals surface area contributed by atoms with Crippen molar-refractivity contribution in [3.63, 3.8) is 0 Å². The van der Waals surface area contributed by atoms with Gasteiger partial charge in [-0.2, -0.15) is 17.6 Å². The Hall–Kier alpha value is -1.90. The predicted octanol–water partition coefficient (Wildman–Crippen LogP) is 3.89. The molecule has 1 aliphatic heterocycles. The Morgan fingerprint density at radius 2 is 1.96 bits per heavy atom. The van der Waals surface area contributed by atoms with E-state index >= 15 is 0 Å². The Morgan fingerprint density at radius 3 is 2.44 bits per heavy atom. The van der Waals surface area contributed by atoms with Crippen molar-refractivity contribution in [1.29, 1.82) is 0 Å². The highest BCUT2D eigenvalue weighted by atomic mass is 19.4.